The first-order chi connectivity index (χ1) is 14.4. The summed E-state index contributed by atoms with van der Waals surface area (Å²) < 4.78 is 38.8. The fraction of sp³-hybridized carbons (Fsp3) is 0.381. The summed E-state index contributed by atoms with van der Waals surface area (Å²) >= 11 is 6.19. The summed E-state index contributed by atoms with van der Waals surface area (Å²) in [6.45, 7) is 1.49. The van der Waals surface area contributed by atoms with E-state index >= 15 is 0 Å². The van der Waals surface area contributed by atoms with Crippen molar-refractivity contribution in [2.45, 2.75) is 30.3 Å². The van der Waals surface area contributed by atoms with Crippen molar-refractivity contribution >= 4 is 27.5 Å². The van der Waals surface area contributed by atoms with Crippen LogP contribution in [0.2, 0.25) is 5.02 Å². The molecule has 0 spiro atoms. The summed E-state index contributed by atoms with van der Waals surface area (Å²) in [7, 11) is -3.65. The Kier molecular flexibility index (Phi) is 6.17. The van der Waals surface area contributed by atoms with Gasteiger partial charge in [-0.25, -0.2) is 8.42 Å². The number of carbonyl (C=O) groups is 1. The van der Waals surface area contributed by atoms with Crippen LogP contribution in [-0.4, -0.2) is 51.0 Å². The predicted octanol–water partition coefficient (Wildman–Crippen LogP) is 3.08. The summed E-state index contributed by atoms with van der Waals surface area (Å²) in [5.74, 6) is 0.826. The first-order valence-corrected chi connectivity index (χ1v) is 11.7. The molecule has 1 fully saturated rings. The van der Waals surface area contributed by atoms with Crippen molar-refractivity contribution < 1.29 is 22.7 Å². The standard InChI is InChI=1S/C21H23ClN2O5S/c22-18-9-8-16(30(26,27)24-10-4-1-5-11-24)12-17(18)21(25)23-13-15-14-28-19-6-2-3-7-20(19)29-15/h2-3,6-9,12,15H,1,4-5,10-11,13-14H2,(H,23,25)/t15-/m1/s1. The van der Waals surface area contributed by atoms with Gasteiger partial charge in [-0.1, -0.05) is 30.2 Å². The van der Waals surface area contributed by atoms with Crippen molar-refractivity contribution in [3.8, 4) is 11.5 Å². The third-order valence-corrected chi connectivity index (χ3v) is 7.42. The molecule has 2 aromatic carbocycles. The quantitative estimate of drug-likeness (QED) is 0.756. The molecule has 2 aromatic rings. The monoisotopic (exact) mass is 450 g/mol. The Bertz CT molecular complexity index is 1040. The van der Waals surface area contributed by atoms with E-state index in [0.29, 0.717) is 31.2 Å². The summed E-state index contributed by atoms with van der Waals surface area (Å²) in [6.07, 6.45) is 2.35. The average Bonchev–Trinajstić information content (AvgIpc) is 2.78. The van der Waals surface area contributed by atoms with Gasteiger partial charge in [0.1, 0.15) is 12.7 Å². The number of sulfonamides is 1. The number of ether oxygens (including phenoxy) is 2. The van der Waals surface area contributed by atoms with E-state index < -0.39 is 15.9 Å². The Hall–Kier alpha value is -2.29. The van der Waals surface area contributed by atoms with Crippen LogP contribution in [0.15, 0.2) is 47.4 Å². The number of carbonyl (C=O) groups excluding carboxylic acids is 1. The van der Waals surface area contributed by atoms with Crippen molar-refractivity contribution in [3.05, 3.63) is 53.1 Å². The lowest BCUT2D eigenvalue weighted by Gasteiger charge is -2.27. The van der Waals surface area contributed by atoms with E-state index in [9.17, 15) is 13.2 Å². The molecule has 4 rings (SSSR count). The Morgan fingerprint density at radius 3 is 2.60 bits per heavy atom. The van der Waals surface area contributed by atoms with E-state index in [0.717, 1.165) is 19.3 Å². The normalized spacial score (nSPS) is 19.3. The fourth-order valence-electron chi connectivity index (χ4n) is 3.56. The average molecular weight is 451 g/mol. The SMILES string of the molecule is O=C(NC[C@@H]1COc2ccccc2O1)c1cc(S(=O)(=O)N2CCCCC2)ccc1Cl. The number of fused-ring (bicyclic) bond motifs is 1. The smallest absolute Gasteiger partial charge is 0.252 e. The number of piperidine rings is 1. The second-order valence-electron chi connectivity index (χ2n) is 7.31. The topological polar surface area (TPSA) is 84.9 Å². The number of halogens is 1. The first-order valence-electron chi connectivity index (χ1n) is 9.91. The number of nitrogens with zero attached hydrogens (tertiary/aromatic N) is 1. The van der Waals surface area contributed by atoms with Gasteiger partial charge < -0.3 is 14.8 Å². The van der Waals surface area contributed by atoms with Gasteiger partial charge >= 0.3 is 0 Å². The number of rotatable bonds is 5. The van der Waals surface area contributed by atoms with Gasteiger partial charge in [0, 0.05) is 13.1 Å². The van der Waals surface area contributed by atoms with Crippen molar-refractivity contribution in [2.24, 2.45) is 0 Å². The summed E-state index contributed by atoms with van der Waals surface area (Å²) in [5.41, 5.74) is 0.117. The molecule has 2 aliphatic heterocycles. The Balaban J connectivity index is 1.45. The zero-order valence-corrected chi connectivity index (χ0v) is 17.9. The molecule has 160 valence electrons. The van der Waals surface area contributed by atoms with Crippen LogP contribution in [0, 0.1) is 0 Å². The Morgan fingerprint density at radius 2 is 1.83 bits per heavy atom. The minimum absolute atomic E-state index is 0.0742. The molecule has 9 heteroatoms. The lowest BCUT2D eigenvalue weighted by molar-refractivity contribution is 0.0789. The van der Waals surface area contributed by atoms with E-state index in [1.54, 1.807) is 6.07 Å². The van der Waals surface area contributed by atoms with Crippen LogP contribution in [0.4, 0.5) is 0 Å². The van der Waals surface area contributed by atoms with Gasteiger partial charge in [-0.3, -0.25) is 4.79 Å². The molecule has 0 aromatic heterocycles. The second kappa shape index (κ2) is 8.83. The molecule has 7 nitrogen and oxygen atoms in total. The highest BCUT2D eigenvalue weighted by Gasteiger charge is 2.28. The number of hydrogen-bond acceptors (Lipinski definition) is 5. The molecule has 1 amide bonds. The molecule has 0 radical (unpaired) electrons. The number of nitrogens with one attached hydrogen (secondary N) is 1. The molecule has 1 atom stereocenters. The summed E-state index contributed by atoms with van der Waals surface area (Å²) in [5, 5.41) is 2.95. The first kappa shape index (κ1) is 21.0. The molecular weight excluding hydrogens is 428 g/mol. The number of hydrogen-bond donors (Lipinski definition) is 1. The molecule has 0 saturated carbocycles. The van der Waals surface area contributed by atoms with Crippen LogP contribution in [0.5, 0.6) is 11.5 Å². The zero-order chi connectivity index (χ0) is 21.1. The van der Waals surface area contributed by atoms with Gasteiger partial charge in [-0.2, -0.15) is 4.31 Å². The minimum Gasteiger partial charge on any atom is -0.486 e. The van der Waals surface area contributed by atoms with Crippen molar-refractivity contribution in [1.29, 1.82) is 0 Å². The highest BCUT2D eigenvalue weighted by molar-refractivity contribution is 7.89. The zero-order valence-electron chi connectivity index (χ0n) is 16.3. The van der Waals surface area contributed by atoms with E-state index in [2.05, 4.69) is 5.32 Å². The maximum atomic E-state index is 12.9. The van der Waals surface area contributed by atoms with Crippen LogP contribution >= 0.6 is 11.6 Å². The van der Waals surface area contributed by atoms with Gasteiger partial charge in [0.2, 0.25) is 10.0 Å². The second-order valence-corrected chi connectivity index (χ2v) is 9.66. The Labute approximate surface area is 181 Å². The Morgan fingerprint density at radius 1 is 1.10 bits per heavy atom. The lowest BCUT2D eigenvalue weighted by atomic mass is 10.2. The molecule has 1 saturated heterocycles. The molecule has 0 aliphatic carbocycles. The number of benzene rings is 2. The van der Waals surface area contributed by atoms with Gasteiger partial charge in [-0.05, 0) is 43.2 Å². The van der Waals surface area contributed by atoms with Gasteiger partial charge in [-0.15, -0.1) is 0 Å². The minimum atomic E-state index is -3.65. The molecule has 2 aliphatic rings. The highest BCUT2D eigenvalue weighted by Crippen LogP contribution is 2.31. The summed E-state index contributed by atoms with van der Waals surface area (Å²) in [4.78, 5) is 12.8. The van der Waals surface area contributed by atoms with Crippen LogP contribution in [0.3, 0.4) is 0 Å². The maximum Gasteiger partial charge on any atom is 0.252 e. The maximum absolute atomic E-state index is 12.9. The van der Waals surface area contributed by atoms with Gasteiger partial charge in [0.05, 0.1) is 22.0 Å². The summed E-state index contributed by atoms with van der Waals surface area (Å²) in [6, 6.07) is 11.6. The van der Waals surface area contributed by atoms with Gasteiger partial charge in [0.25, 0.3) is 5.91 Å². The fourth-order valence-corrected chi connectivity index (χ4v) is 5.31. The largest absolute Gasteiger partial charge is 0.486 e. The highest BCUT2D eigenvalue weighted by atomic mass is 35.5. The van der Waals surface area contributed by atoms with Crippen LogP contribution < -0.4 is 14.8 Å². The van der Waals surface area contributed by atoms with Gasteiger partial charge in [0.15, 0.2) is 11.5 Å². The van der Waals surface area contributed by atoms with Crippen LogP contribution in [-0.2, 0) is 10.0 Å². The molecular formula is C21H23ClN2O5S. The van der Waals surface area contributed by atoms with Crippen molar-refractivity contribution in [2.75, 3.05) is 26.2 Å². The van der Waals surface area contributed by atoms with Crippen LogP contribution in [0.25, 0.3) is 0 Å². The van der Waals surface area contributed by atoms with E-state index in [1.807, 2.05) is 18.2 Å². The predicted molar refractivity (Wildman–Crippen MR) is 113 cm³/mol. The number of para-hydroxylation sites is 2. The lowest BCUT2D eigenvalue weighted by Crippen LogP contribution is -2.41. The molecule has 2 heterocycles. The van der Waals surface area contributed by atoms with Crippen LogP contribution in [0.1, 0.15) is 29.6 Å². The van der Waals surface area contributed by atoms with Crippen molar-refractivity contribution in [1.82, 2.24) is 9.62 Å². The van der Waals surface area contributed by atoms with E-state index in [-0.39, 0.29) is 28.1 Å². The van der Waals surface area contributed by atoms with Crippen molar-refractivity contribution in [3.63, 3.8) is 0 Å². The van der Waals surface area contributed by atoms with E-state index in [1.165, 1.54) is 22.5 Å². The third kappa shape index (κ3) is 4.40. The van der Waals surface area contributed by atoms with E-state index in [4.69, 9.17) is 21.1 Å². The molecule has 0 bridgehead atoms. The molecule has 30 heavy (non-hydrogen) atoms. The third-order valence-electron chi connectivity index (χ3n) is 5.19. The molecule has 0 unspecified atom stereocenters. The number of amides is 1. The molecule has 1 N–H and O–H groups in total.